The Hall–Kier alpha value is -2.56. The molecule has 0 aromatic heterocycles. The lowest BCUT2D eigenvalue weighted by atomic mass is 9.97. The van der Waals surface area contributed by atoms with Crippen molar-refractivity contribution >= 4 is 22.5 Å². The van der Waals surface area contributed by atoms with Gasteiger partial charge >= 0.3 is 5.97 Å². The average Bonchev–Trinajstić information content (AvgIpc) is 2.95. The van der Waals surface area contributed by atoms with Crippen LogP contribution in [0.2, 0.25) is 0 Å². The molecule has 5 heteroatoms. The van der Waals surface area contributed by atoms with E-state index in [1.54, 1.807) is 7.11 Å². The number of carboxylic acid groups (broad SMARTS) is 1. The van der Waals surface area contributed by atoms with Crippen LogP contribution in [0.25, 0.3) is 10.8 Å². The van der Waals surface area contributed by atoms with E-state index in [4.69, 9.17) is 14.7 Å². The molecule has 1 aliphatic rings. The number of carbonyl (C=O) groups is 1. The normalized spacial score (nSPS) is 17.6. The molecule has 2 aromatic rings. The number of methoxy groups -OCH3 is 1. The van der Waals surface area contributed by atoms with Gasteiger partial charge in [0.1, 0.15) is 5.75 Å². The van der Waals surface area contributed by atoms with E-state index in [0.29, 0.717) is 11.5 Å². The third-order valence-electron chi connectivity index (χ3n) is 3.34. The Bertz CT molecular complexity index is 708. The van der Waals surface area contributed by atoms with Gasteiger partial charge < -0.3 is 14.7 Å². The van der Waals surface area contributed by atoms with Crippen LogP contribution in [0, 0.1) is 0 Å². The van der Waals surface area contributed by atoms with Crippen molar-refractivity contribution in [2.24, 2.45) is 5.16 Å². The van der Waals surface area contributed by atoms with Crippen LogP contribution in [0.15, 0.2) is 41.6 Å². The van der Waals surface area contributed by atoms with Crippen LogP contribution in [-0.2, 0) is 9.63 Å². The minimum absolute atomic E-state index is 0.236. The van der Waals surface area contributed by atoms with E-state index in [9.17, 15) is 4.79 Å². The van der Waals surface area contributed by atoms with E-state index in [1.165, 1.54) is 0 Å². The number of oxime groups is 1. The molecular formula is C15H13NO4. The number of ether oxygens (including phenoxy) is 1. The SMILES string of the molecule is COc1ccc2ccccc2c1C1=NOC(C(=O)O)C1. The summed E-state index contributed by atoms with van der Waals surface area (Å²) in [7, 11) is 1.58. The summed E-state index contributed by atoms with van der Waals surface area (Å²) in [5.41, 5.74) is 1.40. The van der Waals surface area contributed by atoms with E-state index in [0.717, 1.165) is 16.3 Å². The van der Waals surface area contributed by atoms with Crippen molar-refractivity contribution in [3.05, 3.63) is 42.0 Å². The molecule has 1 N–H and O–H groups in total. The van der Waals surface area contributed by atoms with Crippen LogP contribution in [0.1, 0.15) is 12.0 Å². The van der Waals surface area contributed by atoms with E-state index in [-0.39, 0.29) is 6.42 Å². The Morgan fingerprint density at radius 3 is 2.85 bits per heavy atom. The molecule has 0 saturated heterocycles. The zero-order valence-electron chi connectivity index (χ0n) is 10.9. The molecule has 0 saturated carbocycles. The van der Waals surface area contributed by atoms with Crippen molar-refractivity contribution in [3.63, 3.8) is 0 Å². The van der Waals surface area contributed by atoms with Crippen LogP contribution in [-0.4, -0.2) is 30.0 Å². The summed E-state index contributed by atoms with van der Waals surface area (Å²) in [5, 5.41) is 14.9. The quantitative estimate of drug-likeness (QED) is 0.930. The predicted molar refractivity (Wildman–Crippen MR) is 74.2 cm³/mol. The number of hydrogen-bond donors (Lipinski definition) is 1. The lowest BCUT2D eigenvalue weighted by molar-refractivity contribution is -0.148. The van der Waals surface area contributed by atoms with Crippen LogP contribution in [0.5, 0.6) is 5.75 Å². The molecule has 0 bridgehead atoms. The van der Waals surface area contributed by atoms with Crippen LogP contribution < -0.4 is 4.74 Å². The summed E-state index contributed by atoms with van der Waals surface area (Å²) < 4.78 is 5.38. The molecule has 1 heterocycles. The Labute approximate surface area is 115 Å². The first-order valence-electron chi connectivity index (χ1n) is 6.22. The van der Waals surface area contributed by atoms with Gasteiger partial charge in [0, 0.05) is 12.0 Å². The van der Waals surface area contributed by atoms with Gasteiger partial charge in [0.2, 0.25) is 6.10 Å². The molecule has 0 radical (unpaired) electrons. The van der Waals surface area contributed by atoms with E-state index in [1.807, 2.05) is 36.4 Å². The molecule has 0 spiro atoms. The molecule has 0 amide bonds. The van der Waals surface area contributed by atoms with Gasteiger partial charge in [-0.1, -0.05) is 35.5 Å². The van der Waals surface area contributed by atoms with Crippen molar-refractivity contribution in [2.75, 3.05) is 7.11 Å². The second-order valence-corrected chi connectivity index (χ2v) is 4.54. The predicted octanol–water partition coefficient (Wildman–Crippen LogP) is 2.43. The Kier molecular flexibility index (Phi) is 3.02. The van der Waals surface area contributed by atoms with Gasteiger partial charge in [-0.2, -0.15) is 0 Å². The van der Waals surface area contributed by atoms with E-state index >= 15 is 0 Å². The monoisotopic (exact) mass is 271 g/mol. The Morgan fingerprint density at radius 1 is 1.35 bits per heavy atom. The second-order valence-electron chi connectivity index (χ2n) is 4.54. The molecule has 3 rings (SSSR count). The smallest absolute Gasteiger partial charge is 0.348 e. The summed E-state index contributed by atoms with van der Waals surface area (Å²) >= 11 is 0. The van der Waals surface area contributed by atoms with Crippen molar-refractivity contribution in [3.8, 4) is 5.75 Å². The van der Waals surface area contributed by atoms with Gasteiger partial charge in [-0.05, 0) is 16.8 Å². The highest BCUT2D eigenvalue weighted by Gasteiger charge is 2.30. The standard InChI is InChI=1S/C15H13NO4/c1-19-12-7-6-9-4-2-3-5-10(9)14(12)11-8-13(15(17)18)20-16-11/h2-7,13H,8H2,1H3,(H,17,18). The zero-order valence-corrected chi connectivity index (χ0v) is 10.9. The van der Waals surface area contributed by atoms with Gasteiger partial charge in [0.15, 0.2) is 0 Å². The van der Waals surface area contributed by atoms with E-state index < -0.39 is 12.1 Å². The summed E-state index contributed by atoms with van der Waals surface area (Å²) in [5.74, 6) is -0.347. The van der Waals surface area contributed by atoms with Gasteiger partial charge in [0.05, 0.1) is 12.8 Å². The van der Waals surface area contributed by atoms with Crippen LogP contribution in [0.4, 0.5) is 0 Å². The first kappa shape index (κ1) is 12.5. The lowest BCUT2D eigenvalue weighted by Gasteiger charge is -2.11. The maximum atomic E-state index is 11.0. The first-order valence-corrected chi connectivity index (χ1v) is 6.22. The second kappa shape index (κ2) is 4.85. The minimum Gasteiger partial charge on any atom is -0.496 e. The fourth-order valence-corrected chi connectivity index (χ4v) is 2.38. The third-order valence-corrected chi connectivity index (χ3v) is 3.34. The maximum Gasteiger partial charge on any atom is 0.348 e. The molecule has 20 heavy (non-hydrogen) atoms. The minimum atomic E-state index is -1.01. The topological polar surface area (TPSA) is 68.1 Å². The van der Waals surface area contributed by atoms with Crippen molar-refractivity contribution in [1.29, 1.82) is 0 Å². The molecule has 2 aromatic carbocycles. The summed E-state index contributed by atoms with van der Waals surface area (Å²) in [6.45, 7) is 0. The highest BCUT2D eigenvalue weighted by atomic mass is 16.7. The van der Waals surface area contributed by atoms with Gasteiger partial charge in [-0.3, -0.25) is 0 Å². The number of fused-ring (bicyclic) bond motifs is 1. The first-order chi connectivity index (χ1) is 9.70. The fraction of sp³-hybridized carbons (Fsp3) is 0.200. The van der Waals surface area contributed by atoms with Crippen LogP contribution >= 0.6 is 0 Å². The largest absolute Gasteiger partial charge is 0.496 e. The third kappa shape index (κ3) is 1.97. The molecule has 0 fully saturated rings. The Balaban J connectivity index is 2.13. The number of benzene rings is 2. The molecule has 5 nitrogen and oxygen atoms in total. The zero-order chi connectivity index (χ0) is 14.1. The number of carboxylic acids is 1. The van der Waals surface area contributed by atoms with Gasteiger partial charge in [-0.25, -0.2) is 4.79 Å². The average molecular weight is 271 g/mol. The molecular weight excluding hydrogens is 258 g/mol. The summed E-state index contributed by atoms with van der Waals surface area (Å²) in [6.07, 6.45) is -0.687. The van der Waals surface area contributed by atoms with Crippen molar-refractivity contribution < 1.29 is 19.5 Å². The summed E-state index contributed by atoms with van der Waals surface area (Å²) in [4.78, 5) is 15.9. The van der Waals surface area contributed by atoms with Crippen LogP contribution in [0.3, 0.4) is 0 Å². The molecule has 1 atom stereocenters. The number of rotatable bonds is 3. The van der Waals surface area contributed by atoms with Gasteiger partial charge in [0.25, 0.3) is 0 Å². The summed E-state index contributed by atoms with van der Waals surface area (Å²) in [6, 6.07) is 11.6. The highest BCUT2D eigenvalue weighted by molar-refractivity contribution is 6.14. The van der Waals surface area contributed by atoms with Crippen molar-refractivity contribution in [1.82, 2.24) is 0 Å². The number of aliphatic carboxylic acids is 1. The molecule has 1 aliphatic heterocycles. The van der Waals surface area contributed by atoms with E-state index in [2.05, 4.69) is 5.16 Å². The fourth-order valence-electron chi connectivity index (χ4n) is 2.38. The Morgan fingerprint density at radius 2 is 2.15 bits per heavy atom. The lowest BCUT2D eigenvalue weighted by Crippen LogP contribution is -2.20. The number of hydrogen-bond acceptors (Lipinski definition) is 4. The van der Waals surface area contributed by atoms with Crippen molar-refractivity contribution in [2.45, 2.75) is 12.5 Å². The molecule has 0 aliphatic carbocycles. The molecule has 1 unspecified atom stereocenters. The highest BCUT2D eigenvalue weighted by Crippen LogP contribution is 2.31. The molecule has 102 valence electrons. The van der Waals surface area contributed by atoms with Gasteiger partial charge in [-0.15, -0.1) is 0 Å². The maximum absolute atomic E-state index is 11.0. The number of nitrogens with zero attached hydrogens (tertiary/aromatic N) is 1.